The first-order valence-electron chi connectivity index (χ1n) is 5.11. The number of esters is 1. The van der Waals surface area contributed by atoms with Gasteiger partial charge in [-0.3, -0.25) is 4.79 Å². The Hall–Kier alpha value is -1.82. The number of hydrogen-bond acceptors (Lipinski definition) is 6. The summed E-state index contributed by atoms with van der Waals surface area (Å²) in [6, 6.07) is 5.29. The molecular weight excluding hydrogens is 254 g/mol. The van der Waals surface area contributed by atoms with Crippen LogP contribution in [0.3, 0.4) is 0 Å². The first kappa shape index (κ1) is 14.2. The van der Waals surface area contributed by atoms with E-state index in [2.05, 4.69) is 9.89 Å². The first-order chi connectivity index (χ1) is 8.54. The molecule has 0 atom stereocenters. The average molecular weight is 267 g/mol. The number of ether oxygens (including phenoxy) is 1. The Kier molecular flexibility index (Phi) is 5.38. The number of oxime groups is 1. The number of Topliss-reactive ketones (excluding diaryl/α,β-unsaturated/α-hetero) is 1. The lowest BCUT2D eigenvalue weighted by molar-refractivity contribution is -0.132. The van der Waals surface area contributed by atoms with Crippen LogP contribution in [0.4, 0.5) is 0 Å². The van der Waals surface area contributed by atoms with Crippen molar-refractivity contribution in [2.75, 3.05) is 7.11 Å². The molecule has 0 N–H and O–H groups in total. The SMILES string of the molecule is COC(=O)/C=N/OSc1cc(C(C)=O)ccc1C. The lowest BCUT2D eigenvalue weighted by Gasteiger charge is -2.04. The van der Waals surface area contributed by atoms with E-state index < -0.39 is 5.97 Å². The molecule has 6 heteroatoms. The number of benzene rings is 1. The molecular formula is C12H13NO4S. The number of aryl methyl sites for hydroxylation is 1. The molecule has 0 aliphatic heterocycles. The largest absolute Gasteiger partial charge is 0.465 e. The van der Waals surface area contributed by atoms with Crippen LogP contribution in [0.2, 0.25) is 0 Å². The molecule has 0 saturated heterocycles. The zero-order valence-corrected chi connectivity index (χ0v) is 11.1. The fraction of sp³-hybridized carbons (Fsp3) is 0.250. The fourth-order valence-corrected chi connectivity index (χ4v) is 1.63. The van der Waals surface area contributed by atoms with Gasteiger partial charge >= 0.3 is 5.97 Å². The van der Waals surface area contributed by atoms with Gasteiger partial charge < -0.3 is 9.02 Å². The summed E-state index contributed by atoms with van der Waals surface area (Å²) in [6.45, 7) is 3.38. The Morgan fingerprint density at radius 2 is 2.11 bits per heavy atom. The van der Waals surface area contributed by atoms with Crippen LogP contribution in [0.5, 0.6) is 0 Å². The predicted octanol–water partition coefficient (Wildman–Crippen LogP) is 2.38. The van der Waals surface area contributed by atoms with Crippen LogP contribution in [0.25, 0.3) is 0 Å². The standard InChI is InChI=1S/C12H13NO4S/c1-8-4-5-10(9(2)14)6-11(8)18-17-13-7-12(15)16-3/h4-7H,1-3H3/b13-7+. The number of carbonyl (C=O) groups excluding carboxylic acids is 2. The summed E-state index contributed by atoms with van der Waals surface area (Å²) >= 11 is 0.973. The monoisotopic (exact) mass is 267 g/mol. The highest BCUT2D eigenvalue weighted by Crippen LogP contribution is 2.24. The van der Waals surface area contributed by atoms with Crippen molar-refractivity contribution < 1.29 is 18.6 Å². The molecule has 0 amide bonds. The van der Waals surface area contributed by atoms with Crippen LogP contribution in [0.1, 0.15) is 22.8 Å². The molecule has 0 aliphatic rings. The summed E-state index contributed by atoms with van der Waals surface area (Å²) in [5.74, 6) is -0.611. The minimum atomic E-state index is -0.593. The maximum Gasteiger partial charge on any atom is 0.352 e. The van der Waals surface area contributed by atoms with Crippen molar-refractivity contribution in [2.24, 2.45) is 5.16 Å². The Labute approximate surface area is 109 Å². The van der Waals surface area contributed by atoms with Gasteiger partial charge in [-0.1, -0.05) is 17.3 Å². The second-order valence-electron chi connectivity index (χ2n) is 3.45. The molecule has 0 bridgehead atoms. The van der Waals surface area contributed by atoms with Crippen LogP contribution in [0, 0.1) is 6.92 Å². The summed E-state index contributed by atoms with van der Waals surface area (Å²) in [6.07, 6.45) is 0.928. The molecule has 0 heterocycles. The van der Waals surface area contributed by atoms with E-state index in [1.807, 2.05) is 13.0 Å². The zero-order chi connectivity index (χ0) is 13.5. The van der Waals surface area contributed by atoms with Crippen LogP contribution in [0.15, 0.2) is 28.3 Å². The van der Waals surface area contributed by atoms with E-state index in [0.717, 1.165) is 28.7 Å². The van der Waals surface area contributed by atoms with Gasteiger partial charge in [0, 0.05) is 5.56 Å². The highest BCUT2D eigenvalue weighted by molar-refractivity contribution is 7.94. The molecule has 1 rings (SSSR count). The smallest absolute Gasteiger partial charge is 0.352 e. The summed E-state index contributed by atoms with van der Waals surface area (Å²) in [4.78, 5) is 22.7. The second-order valence-corrected chi connectivity index (χ2v) is 4.21. The van der Waals surface area contributed by atoms with E-state index in [-0.39, 0.29) is 5.78 Å². The maximum absolute atomic E-state index is 11.2. The highest BCUT2D eigenvalue weighted by atomic mass is 32.2. The van der Waals surface area contributed by atoms with Gasteiger partial charge in [-0.25, -0.2) is 4.79 Å². The Bertz CT molecular complexity index is 485. The molecule has 0 unspecified atom stereocenters. The molecule has 18 heavy (non-hydrogen) atoms. The van der Waals surface area contributed by atoms with E-state index in [9.17, 15) is 9.59 Å². The van der Waals surface area contributed by atoms with Gasteiger partial charge in [0.25, 0.3) is 0 Å². The molecule has 1 aromatic rings. The number of carbonyl (C=O) groups is 2. The van der Waals surface area contributed by atoms with Crippen molar-refractivity contribution in [2.45, 2.75) is 18.7 Å². The zero-order valence-electron chi connectivity index (χ0n) is 10.3. The predicted molar refractivity (Wildman–Crippen MR) is 68.6 cm³/mol. The number of rotatable bonds is 5. The topological polar surface area (TPSA) is 65.0 Å². The first-order valence-corrected chi connectivity index (χ1v) is 5.85. The normalized spacial score (nSPS) is 10.4. The Balaban J connectivity index is 2.67. The van der Waals surface area contributed by atoms with Gasteiger partial charge in [-0.15, -0.1) is 0 Å². The third-order valence-corrected chi connectivity index (χ3v) is 2.90. The van der Waals surface area contributed by atoms with E-state index in [1.54, 1.807) is 12.1 Å². The Morgan fingerprint density at radius 3 is 2.72 bits per heavy atom. The van der Waals surface area contributed by atoms with Gasteiger partial charge in [-0.2, -0.15) is 0 Å². The Morgan fingerprint density at radius 1 is 1.39 bits per heavy atom. The van der Waals surface area contributed by atoms with E-state index >= 15 is 0 Å². The van der Waals surface area contributed by atoms with Gasteiger partial charge in [0.1, 0.15) is 12.0 Å². The van der Waals surface area contributed by atoms with Crippen molar-refractivity contribution in [3.8, 4) is 0 Å². The molecule has 96 valence electrons. The van der Waals surface area contributed by atoms with Gasteiger partial charge in [0.05, 0.1) is 12.0 Å². The lowest BCUT2D eigenvalue weighted by atomic mass is 10.1. The van der Waals surface area contributed by atoms with Crippen molar-refractivity contribution in [3.05, 3.63) is 29.3 Å². The molecule has 1 aromatic carbocycles. The van der Waals surface area contributed by atoms with Gasteiger partial charge in [0.2, 0.25) is 0 Å². The second kappa shape index (κ2) is 6.80. The molecule has 0 radical (unpaired) electrons. The highest BCUT2D eigenvalue weighted by Gasteiger charge is 2.05. The number of methoxy groups -OCH3 is 1. The lowest BCUT2D eigenvalue weighted by Crippen LogP contribution is -2.00. The fourth-order valence-electron chi connectivity index (χ4n) is 1.09. The third kappa shape index (κ3) is 4.21. The van der Waals surface area contributed by atoms with Crippen molar-refractivity contribution in [1.82, 2.24) is 0 Å². The molecule has 0 aliphatic carbocycles. The molecule has 5 nitrogen and oxygen atoms in total. The van der Waals surface area contributed by atoms with Crippen LogP contribution in [-0.2, 0) is 13.8 Å². The van der Waals surface area contributed by atoms with Crippen molar-refractivity contribution in [1.29, 1.82) is 0 Å². The maximum atomic E-state index is 11.2. The third-order valence-electron chi connectivity index (χ3n) is 2.12. The molecule has 0 aromatic heterocycles. The minimum Gasteiger partial charge on any atom is -0.465 e. The minimum absolute atomic E-state index is 0.0186. The van der Waals surface area contributed by atoms with E-state index in [1.165, 1.54) is 14.0 Å². The molecule has 0 saturated carbocycles. The number of nitrogens with zero attached hydrogens (tertiary/aromatic N) is 1. The van der Waals surface area contributed by atoms with Crippen LogP contribution < -0.4 is 0 Å². The summed E-state index contributed by atoms with van der Waals surface area (Å²) in [5.41, 5.74) is 1.56. The quantitative estimate of drug-likeness (QED) is 0.269. The molecule has 0 spiro atoms. The van der Waals surface area contributed by atoms with Gasteiger partial charge in [0.15, 0.2) is 12.0 Å². The summed E-state index contributed by atoms with van der Waals surface area (Å²) in [5, 5.41) is 3.43. The van der Waals surface area contributed by atoms with E-state index in [4.69, 9.17) is 4.28 Å². The van der Waals surface area contributed by atoms with Crippen LogP contribution >= 0.6 is 12.0 Å². The van der Waals surface area contributed by atoms with Crippen LogP contribution in [-0.4, -0.2) is 25.1 Å². The summed E-state index contributed by atoms with van der Waals surface area (Å²) < 4.78 is 9.24. The van der Waals surface area contributed by atoms with E-state index in [0.29, 0.717) is 5.56 Å². The average Bonchev–Trinajstić information content (AvgIpc) is 2.35. The molecule has 0 fully saturated rings. The number of ketones is 1. The van der Waals surface area contributed by atoms with Crippen molar-refractivity contribution >= 4 is 30.0 Å². The van der Waals surface area contributed by atoms with Gasteiger partial charge in [-0.05, 0) is 25.5 Å². The van der Waals surface area contributed by atoms with Crippen molar-refractivity contribution in [3.63, 3.8) is 0 Å². The summed E-state index contributed by atoms with van der Waals surface area (Å²) in [7, 11) is 1.25. The number of hydrogen-bond donors (Lipinski definition) is 0.